The second-order valence-corrected chi connectivity index (χ2v) is 7.95. The number of thioether (sulfide) groups is 1. The van der Waals surface area contributed by atoms with Gasteiger partial charge in [0.15, 0.2) is 6.23 Å². The summed E-state index contributed by atoms with van der Waals surface area (Å²) in [5.74, 6) is 2.08. The highest BCUT2D eigenvalue weighted by Crippen LogP contribution is 2.43. The van der Waals surface area contributed by atoms with Gasteiger partial charge in [0.1, 0.15) is 5.75 Å². The Labute approximate surface area is 155 Å². The molecular formula is C19H19BrN2OS. The zero-order valence-corrected chi connectivity index (χ0v) is 15.9. The summed E-state index contributed by atoms with van der Waals surface area (Å²) >= 11 is 5.41. The summed E-state index contributed by atoms with van der Waals surface area (Å²) in [7, 11) is 0. The molecule has 0 saturated carbocycles. The van der Waals surface area contributed by atoms with Crippen molar-refractivity contribution in [3.63, 3.8) is 0 Å². The maximum atomic E-state index is 6.25. The van der Waals surface area contributed by atoms with E-state index in [9.17, 15) is 0 Å². The van der Waals surface area contributed by atoms with E-state index in [0.29, 0.717) is 0 Å². The molecule has 2 aromatic rings. The topological polar surface area (TPSA) is 24.8 Å². The van der Waals surface area contributed by atoms with Gasteiger partial charge in [0.2, 0.25) is 0 Å². The van der Waals surface area contributed by atoms with Crippen LogP contribution in [0, 0.1) is 0 Å². The van der Waals surface area contributed by atoms with Crippen molar-refractivity contribution in [3.05, 3.63) is 64.1 Å². The number of para-hydroxylation sites is 1. The highest BCUT2D eigenvalue weighted by Gasteiger charge is 2.39. The molecule has 0 saturated heterocycles. The van der Waals surface area contributed by atoms with Crippen LogP contribution in [0.2, 0.25) is 0 Å². The molecule has 24 heavy (non-hydrogen) atoms. The normalized spacial score (nSPS) is 21.8. The van der Waals surface area contributed by atoms with E-state index < -0.39 is 0 Å². The van der Waals surface area contributed by atoms with Crippen LogP contribution in [0.25, 0.3) is 0 Å². The van der Waals surface area contributed by atoms with Crippen LogP contribution in [0.5, 0.6) is 5.75 Å². The summed E-state index contributed by atoms with van der Waals surface area (Å²) in [5, 5.41) is 7.12. The fourth-order valence-corrected chi connectivity index (χ4v) is 4.20. The van der Waals surface area contributed by atoms with Gasteiger partial charge in [-0.15, -0.1) is 0 Å². The quantitative estimate of drug-likeness (QED) is 0.713. The van der Waals surface area contributed by atoms with Crippen LogP contribution in [-0.2, 0) is 0 Å². The summed E-state index contributed by atoms with van der Waals surface area (Å²) < 4.78 is 7.34. The summed E-state index contributed by atoms with van der Waals surface area (Å²) in [5.41, 5.74) is 3.56. The first-order valence-corrected chi connectivity index (χ1v) is 10.3. The number of hydrogen-bond acceptors (Lipinski definition) is 4. The van der Waals surface area contributed by atoms with Crippen molar-refractivity contribution in [1.82, 2.24) is 5.01 Å². The molecule has 0 bridgehead atoms. The van der Waals surface area contributed by atoms with Crippen molar-refractivity contribution in [2.45, 2.75) is 25.1 Å². The second kappa shape index (κ2) is 6.81. The van der Waals surface area contributed by atoms with Gasteiger partial charge < -0.3 is 4.74 Å². The first kappa shape index (κ1) is 16.0. The largest absolute Gasteiger partial charge is 0.469 e. The molecule has 0 radical (unpaired) electrons. The molecule has 4 rings (SSSR count). The maximum absolute atomic E-state index is 6.25. The van der Waals surface area contributed by atoms with E-state index in [4.69, 9.17) is 9.84 Å². The number of ether oxygens (including phenoxy) is 1. The number of hydrogen-bond donors (Lipinski definition) is 0. The van der Waals surface area contributed by atoms with Gasteiger partial charge in [0.25, 0.3) is 0 Å². The smallest absolute Gasteiger partial charge is 0.188 e. The predicted molar refractivity (Wildman–Crippen MR) is 104 cm³/mol. The van der Waals surface area contributed by atoms with E-state index in [-0.39, 0.29) is 12.3 Å². The molecule has 0 fully saturated rings. The number of fused-ring (bicyclic) bond motifs is 3. The van der Waals surface area contributed by atoms with Crippen molar-refractivity contribution in [2.24, 2.45) is 5.10 Å². The minimum atomic E-state index is 0.0157. The van der Waals surface area contributed by atoms with Crippen molar-refractivity contribution in [3.8, 4) is 5.75 Å². The van der Waals surface area contributed by atoms with Crippen molar-refractivity contribution in [2.75, 3.05) is 12.0 Å². The number of benzene rings is 2. The van der Waals surface area contributed by atoms with E-state index in [0.717, 1.165) is 34.5 Å². The molecule has 124 valence electrons. The number of hydrazone groups is 1. The molecule has 0 amide bonds. The second-order valence-electron chi connectivity index (χ2n) is 6.05. The molecule has 2 heterocycles. The van der Waals surface area contributed by atoms with Gasteiger partial charge in [-0.25, -0.2) is 0 Å². The van der Waals surface area contributed by atoms with Crippen LogP contribution < -0.4 is 4.74 Å². The third kappa shape index (κ3) is 2.95. The molecule has 2 atom stereocenters. The Morgan fingerprint density at radius 2 is 2.12 bits per heavy atom. The molecule has 0 N–H and O–H groups in total. The lowest BCUT2D eigenvalue weighted by atomic mass is 9.96. The van der Waals surface area contributed by atoms with Gasteiger partial charge in [-0.3, -0.25) is 5.01 Å². The average molecular weight is 403 g/mol. The van der Waals surface area contributed by atoms with E-state index in [2.05, 4.69) is 63.6 Å². The molecule has 0 aromatic heterocycles. The van der Waals surface area contributed by atoms with Crippen molar-refractivity contribution in [1.29, 1.82) is 0 Å². The van der Waals surface area contributed by atoms with Crippen LogP contribution in [0.15, 0.2) is 58.1 Å². The fourth-order valence-electron chi connectivity index (χ4n) is 3.36. The molecule has 0 spiro atoms. The Morgan fingerprint density at radius 3 is 2.96 bits per heavy atom. The van der Waals surface area contributed by atoms with Crippen LogP contribution in [-0.4, -0.2) is 29.0 Å². The molecule has 2 aliphatic rings. The molecule has 2 aliphatic heterocycles. The van der Waals surface area contributed by atoms with E-state index in [1.165, 1.54) is 11.1 Å². The Kier molecular flexibility index (Phi) is 4.55. The molecule has 3 nitrogen and oxygen atoms in total. The minimum absolute atomic E-state index is 0.0157. The minimum Gasteiger partial charge on any atom is -0.469 e. The fraction of sp³-hybridized carbons (Fsp3) is 0.316. The number of nitrogens with zero attached hydrogens (tertiary/aromatic N) is 2. The summed E-state index contributed by atoms with van der Waals surface area (Å²) in [6.07, 6.45) is 4.05. The lowest BCUT2D eigenvalue weighted by molar-refractivity contribution is -0.0180. The lowest BCUT2D eigenvalue weighted by Gasteiger charge is -2.38. The SMILES string of the molecule is CSCC[C@H]1Oc2ccccc2[C@@H]2CC(c3cccc(Br)c3)=NN12. The third-order valence-electron chi connectivity index (χ3n) is 4.51. The molecular weight excluding hydrogens is 384 g/mol. The maximum Gasteiger partial charge on any atom is 0.188 e. The van der Waals surface area contributed by atoms with Crippen LogP contribution in [0.4, 0.5) is 0 Å². The molecule has 0 unspecified atom stereocenters. The number of halogens is 1. The van der Waals surface area contributed by atoms with Gasteiger partial charge in [-0.05, 0) is 35.8 Å². The Hall–Kier alpha value is -1.46. The highest BCUT2D eigenvalue weighted by atomic mass is 79.9. The lowest BCUT2D eigenvalue weighted by Crippen LogP contribution is -2.40. The van der Waals surface area contributed by atoms with Crippen molar-refractivity contribution >= 4 is 33.4 Å². The first-order chi connectivity index (χ1) is 11.8. The molecule has 2 aromatic carbocycles. The van der Waals surface area contributed by atoms with E-state index in [1.54, 1.807) is 0 Å². The van der Waals surface area contributed by atoms with Gasteiger partial charge in [0, 0.05) is 22.9 Å². The highest BCUT2D eigenvalue weighted by molar-refractivity contribution is 9.10. The Balaban J connectivity index is 1.69. The zero-order chi connectivity index (χ0) is 16.5. The van der Waals surface area contributed by atoms with Gasteiger partial charge in [-0.2, -0.15) is 16.9 Å². The monoisotopic (exact) mass is 402 g/mol. The van der Waals surface area contributed by atoms with Crippen LogP contribution >= 0.6 is 27.7 Å². The number of rotatable bonds is 4. The third-order valence-corrected chi connectivity index (χ3v) is 5.64. The van der Waals surface area contributed by atoms with Gasteiger partial charge >= 0.3 is 0 Å². The van der Waals surface area contributed by atoms with E-state index >= 15 is 0 Å². The summed E-state index contributed by atoms with van der Waals surface area (Å²) in [6.45, 7) is 0. The molecule has 5 heteroatoms. The van der Waals surface area contributed by atoms with Crippen LogP contribution in [0.1, 0.15) is 30.0 Å². The summed E-state index contributed by atoms with van der Waals surface area (Å²) in [6, 6.07) is 17.0. The van der Waals surface area contributed by atoms with Crippen molar-refractivity contribution < 1.29 is 4.74 Å². The standard InChI is InChI=1S/C19H19BrN2OS/c1-24-10-9-19-22-17(15-7-2-3-8-18(15)23-19)12-16(21-22)13-5-4-6-14(20)11-13/h2-8,11,17,19H,9-10,12H2,1H3/t17-,19+/m0/s1. The average Bonchev–Trinajstić information content (AvgIpc) is 3.05. The van der Waals surface area contributed by atoms with E-state index in [1.807, 2.05) is 23.9 Å². The zero-order valence-electron chi connectivity index (χ0n) is 13.5. The predicted octanol–water partition coefficient (Wildman–Crippen LogP) is 5.07. The Bertz CT molecular complexity index is 779. The summed E-state index contributed by atoms with van der Waals surface area (Å²) in [4.78, 5) is 0. The molecule has 0 aliphatic carbocycles. The van der Waals surface area contributed by atoms with Crippen LogP contribution in [0.3, 0.4) is 0 Å². The first-order valence-electron chi connectivity index (χ1n) is 8.12. The van der Waals surface area contributed by atoms with Gasteiger partial charge in [0.05, 0.1) is 11.8 Å². The Morgan fingerprint density at radius 1 is 1.25 bits per heavy atom. The van der Waals surface area contributed by atoms with Gasteiger partial charge in [-0.1, -0.05) is 46.3 Å².